The zero-order valence-corrected chi connectivity index (χ0v) is 23.9. The second-order valence-electron chi connectivity index (χ2n) is 11.3. The first kappa shape index (κ1) is 27.1. The quantitative estimate of drug-likeness (QED) is 0.266. The molecule has 2 aromatic heterocycles. The standard InChI is InChI=1S/C30H26Cl2FN5O4/c1-30(29(41)35-23-7-3-6-22(32)34-23)24(18-4-2-5-19(31)25(18)33)26-21(37(30)13-15-8-9-15)14-42-27-17-11-10-16(28(39)40)12-20(17)36-38(26)27/h2-7,10-12,15,21,24,26H,8-9,13-14H2,1H3,(H,39,40)(H,34,35,41)/t21-,24-,26+,30+/m0/s1. The summed E-state index contributed by atoms with van der Waals surface area (Å²) in [5.41, 5.74) is -0.480. The first-order valence-corrected chi connectivity index (χ1v) is 14.5. The minimum absolute atomic E-state index is 0.0482. The van der Waals surface area contributed by atoms with E-state index in [4.69, 9.17) is 33.0 Å². The number of ether oxygens (including phenoxy) is 1. The largest absolute Gasteiger partial charge is 0.478 e. The fourth-order valence-corrected chi connectivity index (χ4v) is 6.97. The molecule has 0 unspecified atom stereocenters. The number of hydrogen-bond donors (Lipinski definition) is 2. The molecule has 12 heteroatoms. The fraction of sp³-hybridized carbons (Fsp3) is 0.333. The number of rotatable bonds is 6. The molecule has 4 atom stereocenters. The Hall–Kier alpha value is -3.73. The van der Waals surface area contributed by atoms with Crippen LogP contribution in [0.25, 0.3) is 10.9 Å². The van der Waals surface area contributed by atoms with Crippen molar-refractivity contribution in [2.45, 2.75) is 43.3 Å². The summed E-state index contributed by atoms with van der Waals surface area (Å²) in [7, 11) is 0. The number of carboxylic acid groups (broad SMARTS) is 1. The van der Waals surface area contributed by atoms with Gasteiger partial charge in [-0.3, -0.25) is 9.69 Å². The highest BCUT2D eigenvalue weighted by Gasteiger charge is 2.64. The van der Waals surface area contributed by atoms with E-state index in [2.05, 4.69) is 15.2 Å². The Labute approximate surface area is 250 Å². The van der Waals surface area contributed by atoms with Crippen LogP contribution in [0, 0.1) is 11.7 Å². The second-order valence-corrected chi connectivity index (χ2v) is 12.1. The summed E-state index contributed by atoms with van der Waals surface area (Å²) < 4.78 is 24.0. The number of nitrogens with zero attached hydrogens (tertiary/aromatic N) is 4. The van der Waals surface area contributed by atoms with E-state index in [9.17, 15) is 14.7 Å². The average molecular weight is 610 g/mol. The van der Waals surface area contributed by atoms with Crippen molar-refractivity contribution in [1.29, 1.82) is 0 Å². The van der Waals surface area contributed by atoms with Gasteiger partial charge in [-0.2, -0.15) is 5.10 Å². The van der Waals surface area contributed by atoms with Crippen molar-refractivity contribution >= 4 is 51.8 Å². The molecule has 0 radical (unpaired) electrons. The van der Waals surface area contributed by atoms with Gasteiger partial charge in [0.2, 0.25) is 11.8 Å². The van der Waals surface area contributed by atoms with E-state index < -0.39 is 29.3 Å². The number of carbonyl (C=O) groups is 2. The van der Waals surface area contributed by atoms with Crippen LogP contribution in [-0.2, 0) is 4.79 Å². The Morgan fingerprint density at radius 1 is 1.17 bits per heavy atom. The van der Waals surface area contributed by atoms with Crippen LogP contribution in [0.4, 0.5) is 10.2 Å². The number of aromatic carboxylic acids is 1. The van der Waals surface area contributed by atoms with Crippen LogP contribution in [0.3, 0.4) is 0 Å². The van der Waals surface area contributed by atoms with Crippen LogP contribution >= 0.6 is 23.2 Å². The monoisotopic (exact) mass is 609 g/mol. The number of carbonyl (C=O) groups excluding carboxylic acids is 1. The van der Waals surface area contributed by atoms with Gasteiger partial charge in [-0.15, -0.1) is 0 Å². The lowest BCUT2D eigenvalue weighted by Gasteiger charge is -2.39. The maximum Gasteiger partial charge on any atom is 0.335 e. The third-order valence-electron chi connectivity index (χ3n) is 8.79. The van der Waals surface area contributed by atoms with Gasteiger partial charge in [0.1, 0.15) is 28.9 Å². The molecule has 1 aliphatic carbocycles. The molecule has 3 aliphatic rings. The first-order chi connectivity index (χ1) is 20.2. The van der Waals surface area contributed by atoms with Gasteiger partial charge in [0.25, 0.3) is 0 Å². The maximum absolute atomic E-state index is 16.0. The fourth-order valence-electron chi connectivity index (χ4n) is 6.62. The van der Waals surface area contributed by atoms with Crippen molar-refractivity contribution in [3.05, 3.63) is 81.7 Å². The van der Waals surface area contributed by atoms with Gasteiger partial charge in [-0.05, 0) is 67.6 Å². The Bertz CT molecular complexity index is 1760. The number of likely N-dealkylation sites (tertiary alicyclic amines) is 1. The molecule has 1 saturated carbocycles. The SMILES string of the molecule is C[C@]1(C(=O)Nc2cccc(Cl)n2)[C@@H](c2cccc(Cl)c2F)[C@H]2[C@H](COc3c4ccc(C(=O)O)cc4nn32)N1CC1CC1. The molecule has 7 rings (SSSR count). The van der Waals surface area contributed by atoms with E-state index in [1.54, 1.807) is 41.1 Å². The number of anilines is 1. The Balaban J connectivity index is 1.43. The highest BCUT2D eigenvalue weighted by atomic mass is 35.5. The van der Waals surface area contributed by atoms with E-state index in [1.807, 2.05) is 6.92 Å². The highest BCUT2D eigenvalue weighted by molar-refractivity contribution is 6.30. The van der Waals surface area contributed by atoms with E-state index >= 15 is 4.39 Å². The van der Waals surface area contributed by atoms with Crippen molar-refractivity contribution in [3.8, 4) is 5.88 Å². The first-order valence-electron chi connectivity index (χ1n) is 13.7. The van der Waals surface area contributed by atoms with E-state index in [1.165, 1.54) is 18.2 Å². The number of benzene rings is 2. The average Bonchev–Trinajstić information content (AvgIpc) is 3.65. The smallest absolute Gasteiger partial charge is 0.335 e. The molecule has 42 heavy (non-hydrogen) atoms. The zero-order chi connectivity index (χ0) is 29.3. The number of carboxylic acids is 1. The molecule has 2 aromatic carbocycles. The van der Waals surface area contributed by atoms with Crippen LogP contribution in [0.2, 0.25) is 10.2 Å². The maximum atomic E-state index is 16.0. The number of fused-ring (bicyclic) bond motifs is 5. The molecular formula is C30H26Cl2FN5O4. The third-order valence-corrected chi connectivity index (χ3v) is 9.30. The van der Waals surface area contributed by atoms with Crippen LogP contribution in [0.15, 0.2) is 54.6 Å². The minimum Gasteiger partial charge on any atom is -0.478 e. The van der Waals surface area contributed by atoms with E-state index in [0.29, 0.717) is 29.2 Å². The van der Waals surface area contributed by atoms with Crippen molar-refractivity contribution in [3.63, 3.8) is 0 Å². The van der Waals surface area contributed by atoms with Crippen LogP contribution in [0.5, 0.6) is 5.88 Å². The normalized spacial score (nSPS) is 25.1. The lowest BCUT2D eigenvalue weighted by atomic mass is 9.77. The number of amides is 1. The van der Waals surface area contributed by atoms with Crippen molar-refractivity contribution in [1.82, 2.24) is 19.7 Å². The molecule has 2 N–H and O–H groups in total. The summed E-state index contributed by atoms with van der Waals surface area (Å²) in [6, 6.07) is 13.5. The third kappa shape index (κ3) is 4.23. The molecule has 0 spiro atoms. The molecule has 1 amide bonds. The van der Waals surface area contributed by atoms with Gasteiger partial charge in [-0.1, -0.05) is 41.4 Å². The predicted molar refractivity (Wildman–Crippen MR) is 155 cm³/mol. The summed E-state index contributed by atoms with van der Waals surface area (Å²) in [4.78, 5) is 32.5. The van der Waals surface area contributed by atoms with E-state index in [-0.39, 0.29) is 45.7 Å². The number of aromatic nitrogens is 3. The number of hydrogen-bond acceptors (Lipinski definition) is 6. The van der Waals surface area contributed by atoms with Gasteiger partial charge in [-0.25, -0.2) is 18.9 Å². The molecule has 2 aliphatic heterocycles. The molecule has 9 nitrogen and oxygen atoms in total. The van der Waals surface area contributed by atoms with Crippen LogP contribution < -0.4 is 10.1 Å². The van der Waals surface area contributed by atoms with Crippen molar-refractivity contribution in [2.75, 3.05) is 18.5 Å². The Morgan fingerprint density at radius 2 is 1.95 bits per heavy atom. The lowest BCUT2D eigenvalue weighted by molar-refractivity contribution is -0.127. The predicted octanol–water partition coefficient (Wildman–Crippen LogP) is 5.78. The van der Waals surface area contributed by atoms with Crippen molar-refractivity contribution in [2.24, 2.45) is 5.92 Å². The van der Waals surface area contributed by atoms with Gasteiger partial charge in [0.05, 0.1) is 33.6 Å². The molecule has 216 valence electrons. The summed E-state index contributed by atoms with van der Waals surface area (Å²) in [5.74, 6) is -1.68. The molecule has 1 saturated heterocycles. The zero-order valence-electron chi connectivity index (χ0n) is 22.4. The molecular weight excluding hydrogens is 584 g/mol. The summed E-state index contributed by atoms with van der Waals surface area (Å²) in [6.45, 7) is 2.66. The molecule has 4 heterocycles. The van der Waals surface area contributed by atoms with Gasteiger partial charge < -0.3 is 15.2 Å². The van der Waals surface area contributed by atoms with E-state index in [0.717, 1.165) is 12.8 Å². The van der Waals surface area contributed by atoms with Crippen LogP contribution in [0.1, 0.15) is 47.6 Å². The number of nitrogens with one attached hydrogen (secondary N) is 1. The molecule has 2 fully saturated rings. The summed E-state index contributed by atoms with van der Waals surface area (Å²) in [6.07, 6.45) is 2.07. The Kier molecular flexibility index (Phi) is 6.41. The number of pyridine rings is 1. The minimum atomic E-state index is -1.29. The second kappa shape index (κ2) is 9.93. The van der Waals surface area contributed by atoms with Gasteiger partial charge >= 0.3 is 5.97 Å². The molecule has 4 aromatic rings. The lowest BCUT2D eigenvalue weighted by Crippen LogP contribution is -2.57. The highest BCUT2D eigenvalue weighted by Crippen LogP contribution is 2.57. The van der Waals surface area contributed by atoms with Gasteiger partial charge in [0.15, 0.2) is 0 Å². The summed E-state index contributed by atoms with van der Waals surface area (Å²) >= 11 is 12.4. The molecule has 0 bridgehead atoms. The number of halogens is 3. The topological polar surface area (TPSA) is 110 Å². The van der Waals surface area contributed by atoms with Crippen molar-refractivity contribution < 1.29 is 23.8 Å². The summed E-state index contributed by atoms with van der Waals surface area (Å²) in [5, 5.41) is 18.1. The van der Waals surface area contributed by atoms with Gasteiger partial charge in [0, 0.05) is 12.5 Å². The van der Waals surface area contributed by atoms with Crippen LogP contribution in [-0.4, -0.2) is 61.4 Å². The Morgan fingerprint density at radius 3 is 2.69 bits per heavy atom.